The summed E-state index contributed by atoms with van der Waals surface area (Å²) in [5, 5.41) is 3.82. The van der Waals surface area contributed by atoms with E-state index < -0.39 is 16.1 Å². The van der Waals surface area contributed by atoms with E-state index in [-0.39, 0.29) is 43.7 Å². The number of sulfonamides is 1. The topological polar surface area (TPSA) is 86.8 Å². The summed E-state index contributed by atoms with van der Waals surface area (Å²) in [6.07, 6.45) is 1.93. The largest absolute Gasteiger partial charge is 0.354 e. The first-order valence-corrected chi connectivity index (χ1v) is 15.4. The molecule has 2 amide bonds. The van der Waals surface area contributed by atoms with Crippen LogP contribution in [0, 0.1) is 19.8 Å². The van der Waals surface area contributed by atoms with Crippen LogP contribution in [0.2, 0.25) is 10.0 Å². The summed E-state index contributed by atoms with van der Waals surface area (Å²) in [4.78, 5) is 28.2. The summed E-state index contributed by atoms with van der Waals surface area (Å²) in [5.41, 5.74) is 3.05. The van der Waals surface area contributed by atoms with Crippen molar-refractivity contribution in [2.24, 2.45) is 5.92 Å². The number of halogens is 2. The van der Waals surface area contributed by atoms with Crippen LogP contribution in [0.1, 0.15) is 56.7 Å². The van der Waals surface area contributed by atoms with E-state index in [2.05, 4.69) is 5.32 Å². The van der Waals surface area contributed by atoms with Gasteiger partial charge in [0.1, 0.15) is 6.04 Å². The van der Waals surface area contributed by atoms with Crippen molar-refractivity contribution >= 4 is 50.7 Å². The Balaban J connectivity index is 2.28. The number of amides is 2. The van der Waals surface area contributed by atoms with Gasteiger partial charge in [0.15, 0.2) is 0 Å². The first kappa shape index (κ1) is 31.9. The molecule has 0 radical (unpaired) electrons. The standard InChI is InChI=1S/C28H39Cl2N3O4S/c1-7-25(28(35)31-17-19(2)3)32(18-22-12-13-23(29)16-24(22)30)27(34)9-8-14-33(38(6,36)37)26-15-20(4)10-11-21(26)5/h10-13,15-16,19,25H,7-9,14,17-18H2,1-6H3,(H,31,35)/t25-/m0/s1. The van der Waals surface area contributed by atoms with Crippen molar-refractivity contribution in [2.45, 2.75) is 66.5 Å². The Hall–Kier alpha value is -2.29. The molecule has 0 spiro atoms. The highest BCUT2D eigenvalue weighted by Gasteiger charge is 2.29. The lowest BCUT2D eigenvalue weighted by Gasteiger charge is -2.31. The zero-order valence-corrected chi connectivity index (χ0v) is 25.4. The summed E-state index contributed by atoms with van der Waals surface area (Å²) >= 11 is 12.5. The van der Waals surface area contributed by atoms with Gasteiger partial charge in [-0.2, -0.15) is 0 Å². The number of hydrogen-bond acceptors (Lipinski definition) is 4. The Morgan fingerprint density at radius 1 is 1.05 bits per heavy atom. The van der Waals surface area contributed by atoms with E-state index in [1.807, 2.05) is 52.8 Å². The Morgan fingerprint density at radius 3 is 2.32 bits per heavy atom. The van der Waals surface area contributed by atoms with E-state index in [9.17, 15) is 18.0 Å². The number of rotatable bonds is 13. The van der Waals surface area contributed by atoms with Crippen molar-refractivity contribution in [2.75, 3.05) is 23.7 Å². The molecule has 0 aromatic heterocycles. The molecule has 0 aliphatic heterocycles. The third-order valence-corrected chi connectivity index (χ3v) is 7.98. The lowest BCUT2D eigenvalue weighted by Crippen LogP contribution is -2.49. The minimum Gasteiger partial charge on any atom is -0.354 e. The van der Waals surface area contributed by atoms with E-state index in [1.54, 1.807) is 18.2 Å². The lowest BCUT2D eigenvalue weighted by molar-refractivity contribution is -0.141. The molecular weight excluding hydrogens is 545 g/mol. The molecule has 2 rings (SSSR count). The molecule has 0 saturated carbocycles. The van der Waals surface area contributed by atoms with Gasteiger partial charge in [-0.3, -0.25) is 13.9 Å². The number of aryl methyl sites for hydroxylation is 2. The maximum atomic E-state index is 13.6. The van der Waals surface area contributed by atoms with Gasteiger partial charge in [-0.1, -0.05) is 62.2 Å². The predicted octanol–water partition coefficient (Wildman–Crippen LogP) is 5.74. The minimum absolute atomic E-state index is 0.0655. The van der Waals surface area contributed by atoms with Crippen molar-refractivity contribution in [3.8, 4) is 0 Å². The third kappa shape index (κ3) is 9.17. The van der Waals surface area contributed by atoms with Gasteiger partial charge in [0.25, 0.3) is 0 Å². The molecule has 1 atom stereocenters. The normalized spacial score (nSPS) is 12.3. The van der Waals surface area contributed by atoms with E-state index >= 15 is 0 Å². The zero-order chi connectivity index (χ0) is 28.6. The second-order valence-electron chi connectivity index (χ2n) is 10.0. The first-order chi connectivity index (χ1) is 17.7. The van der Waals surface area contributed by atoms with Crippen LogP contribution in [-0.4, -0.2) is 50.5 Å². The highest BCUT2D eigenvalue weighted by molar-refractivity contribution is 7.92. The molecule has 38 heavy (non-hydrogen) atoms. The predicted molar refractivity (Wildman–Crippen MR) is 156 cm³/mol. The fourth-order valence-corrected chi connectivity index (χ4v) is 5.63. The maximum Gasteiger partial charge on any atom is 0.242 e. The van der Waals surface area contributed by atoms with Crippen LogP contribution >= 0.6 is 23.2 Å². The van der Waals surface area contributed by atoms with Crippen LogP contribution in [0.25, 0.3) is 0 Å². The van der Waals surface area contributed by atoms with Gasteiger partial charge in [0.05, 0.1) is 11.9 Å². The molecule has 0 bridgehead atoms. The maximum absolute atomic E-state index is 13.6. The van der Waals surface area contributed by atoms with Gasteiger partial charge in [0, 0.05) is 36.1 Å². The Morgan fingerprint density at radius 2 is 1.74 bits per heavy atom. The van der Waals surface area contributed by atoms with Gasteiger partial charge in [-0.25, -0.2) is 8.42 Å². The summed E-state index contributed by atoms with van der Waals surface area (Å²) < 4.78 is 26.6. The van der Waals surface area contributed by atoms with E-state index in [0.717, 1.165) is 17.4 Å². The molecule has 0 aliphatic carbocycles. The number of nitrogens with zero attached hydrogens (tertiary/aromatic N) is 2. The van der Waals surface area contributed by atoms with Crippen molar-refractivity contribution in [3.05, 3.63) is 63.1 Å². The Bertz CT molecular complexity index is 1230. The van der Waals surface area contributed by atoms with E-state index in [0.29, 0.717) is 34.3 Å². The smallest absolute Gasteiger partial charge is 0.242 e. The highest BCUT2D eigenvalue weighted by Crippen LogP contribution is 2.26. The summed E-state index contributed by atoms with van der Waals surface area (Å²) in [6.45, 7) is 10.4. The number of benzene rings is 2. The minimum atomic E-state index is -3.57. The molecule has 0 unspecified atom stereocenters. The van der Waals surface area contributed by atoms with Crippen LogP contribution in [0.5, 0.6) is 0 Å². The third-order valence-electron chi connectivity index (χ3n) is 6.21. The molecule has 2 aromatic carbocycles. The molecule has 1 N–H and O–H groups in total. The molecule has 0 fully saturated rings. The van der Waals surface area contributed by atoms with Gasteiger partial charge >= 0.3 is 0 Å². The number of anilines is 1. The number of carbonyl (C=O) groups is 2. The molecule has 2 aromatic rings. The molecule has 210 valence electrons. The second kappa shape index (κ2) is 14.2. The average Bonchev–Trinajstić information content (AvgIpc) is 2.82. The van der Waals surface area contributed by atoms with Crippen LogP contribution in [-0.2, 0) is 26.2 Å². The molecule has 7 nitrogen and oxygen atoms in total. The van der Waals surface area contributed by atoms with E-state index in [1.165, 1.54) is 9.21 Å². The van der Waals surface area contributed by atoms with Crippen LogP contribution in [0.4, 0.5) is 5.69 Å². The van der Waals surface area contributed by atoms with Crippen molar-refractivity contribution in [1.29, 1.82) is 0 Å². The molecule has 0 saturated heterocycles. The van der Waals surface area contributed by atoms with Crippen LogP contribution in [0.15, 0.2) is 36.4 Å². The van der Waals surface area contributed by atoms with E-state index in [4.69, 9.17) is 23.2 Å². The number of hydrogen-bond donors (Lipinski definition) is 1. The Labute approximate surface area is 237 Å². The lowest BCUT2D eigenvalue weighted by atomic mass is 10.1. The van der Waals surface area contributed by atoms with Crippen molar-refractivity contribution in [1.82, 2.24) is 10.2 Å². The highest BCUT2D eigenvalue weighted by atomic mass is 35.5. The molecule has 0 aliphatic rings. The first-order valence-electron chi connectivity index (χ1n) is 12.8. The SMILES string of the molecule is CC[C@@H](C(=O)NCC(C)C)N(Cc1ccc(Cl)cc1Cl)C(=O)CCCN(c1cc(C)ccc1C)S(C)(=O)=O. The number of nitrogens with one attached hydrogen (secondary N) is 1. The fraction of sp³-hybridized carbons (Fsp3) is 0.500. The molecule has 0 heterocycles. The van der Waals surface area contributed by atoms with Crippen LogP contribution in [0.3, 0.4) is 0 Å². The van der Waals surface area contributed by atoms with Gasteiger partial charge in [0.2, 0.25) is 21.8 Å². The molecule has 10 heteroatoms. The second-order valence-corrected chi connectivity index (χ2v) is 12.8. The fourth-order valence-electron chi connectivity index (χ4n) is 4.15. The summed E-state index contributed by atoms with van der Waals surface area (Å²) in [7, 11) is -3.57. The van der Waals surface area contributed by atoms with Gasteiger partial charge in [-0.05, 0) is 67.5 Å². The summed E-state index contributed by atoms with van der Waals surface area (Å²) in [6, 6.07) is 9.99. The van der Waals surface area contributed by atoms with Gasteiger partial charge in [-0.15, -0.1) is 0 Å². The van der Waals surface area contributed by atoms with Crippen LogP contribution < -0.4 is 9.62 Å². The Kier molecular flexibility index (Phi) is 11.9. The zero-order valence-electron chi connectivity index (χ0n) is 23.1. The monoisotopic (exact) mass is 583 g/mol. The van der Waals surface area contributed by atoms with Gasteiger partial charge < -0.3 is 10.2 Å². The van der Waals surface area contributed by atoms with Crippen molar-refractivity contribution in [3.63, 3.8) is 0 Å². The number of carbonyl (C=O) groups excluding carboxylic acids is 2. The quantitative estimate of drug-likeness (QED) is 0.326. The average molecular weight is 585 g/mol. The van der Waals surface area contributed by atoms with Crippen molar-refractivity contribution < 1.29 is 18.0 Å². The summed E-state index contributed by atoms with van der Waals surface area (Å²) in [5.74, 6) is -0.219. The molecular formula is C28H39Cl2N3O4S.